The van der Waals surface area contributed by atoms with Crippen LogP contribution in [0.4, 0.5) is 0 Å². The predicted molar refractivity (Wildman–Crippen MR) is 78.1 cm³/mol. The summed E-state index contributed by atoms with van der Waals surface area (Å²) in [5.41, 5.74) is 0.262. The molecular formula is C14H15BrO6. The summed E-state index contributed by atoms with van der Waals surface area (Å²) in [6.45, 7) is 2.78. The Morgan fingerprint density at radius 1 is 1.43 bits per heavy atom. The number of carbonyl (C=O) groups is 3. The highest BCUT2D eigenvalue weighted by Crippen LogP contribution is 2.37. The number of halogens is 1. The Hall–Kier alpha value is -1.73. The van der Waals surface area contributed by atoms with Gasteiger partial charge in [0.15, 0.2) is 6.29 Å². The van der Waals surface area contributed by atoms with E-state index >= 15 is 0 Å². The van der Waals surface area contributed by atoms with Gasteiger partial charge >= 0.3 is 0 Å². The first-order valence-electron chi connectivity index (χ1n) is 6.06. The quantitative estimate of drug-likeness (QED) is 0.464. The van der Waals surface area contributed by atoms with Gasteiger partial charge in [0.1, 0.15) is 11.5 Å². The molecule has 6 nitrogen and oxygen atoms in total. The number of ketones is 2. The van der Waals surface area contributed by atoms with Crippen molar-refractivity contribution in [2.75, 3.05) is 20.8 Å². The van der Waals surface area contributed by atoms with E-state index in [0.29, 0.717) is 10.2 Å². The van der Waals surface area contributed by atoms with E-state index in [-0.39, 0.29) is 17.6 Å². The first-order valence-corrected chi connectivity index (χ1v) is 6.85. The lowest BCUT2D eigenvalue weighted by Crippen LogP contribution is -2.31. The molecule has 0 aromatic heterocycles. The van der Waals surface area contributed by atoms with Gasteiger partial charge in [-0.25, -0.2) is 0 Å². The molecule has 2 rings (SSSR count). The summed E-state index contributed by atoms with van der Waals surface area (Å²) in [6.07, 6.45) is -1.28. The standard InChI is InChI=1S/C11H7BrO5.C3H8O/c1-16-9-3-8-5(2-6(9)12)10(15)11(17-8)7(14)4-13;1-3-4-2/h2-4,11H,1H3;3H2,1-2H3. The summed E-state index contributed by atoms with van der Waals surface area (Å²) in [5, 5.41) is 0. The number of Topliss-reactive ketones (excluding diaryl/α,β-unsaturated/α-hetero) is 2. The molecule has 0 saturated heterocycles. The van der Waals surface area contributed by atoms with E-state index < -0.39 is 17.7 Å². The zero-order chi connectivity index (χ0) is 16.0. The van der Waals surface area contributed by atoms with Crippen molar-refractivity contribution in [3.05, 3.63) is 22.2 Å². The van der Waals surface area contributed by atoms with Crippen molar-refractivity contribution < 1.29 is 28.6 Å². The number of methoxy groups -OCH3 is 2. The second kappa shape index (κ2) is 7.90. The molecule has 0 fully saturated rings. The zero-order valence-electron chi connectivity index (χ0n) is 11.8. The molecule has 1 heterocycles. The Kier molecular flexibility index (Phi) is 6.51. The Bertz CT molecular complexity index is 553. The van der Waals surface area contributed by atoms with Crippen LogP contribution >= 0.6 is 15.9 Å². The van der Waals surface area contributed by atoms with E-state index in [4.69, 9.17) is 9.47 Å². The van der Waals surface area contributed by atoms with Crippen LogP contribution in [0.15, 0.2) is 16.6 Å². The fraction of sp³-hybridized carbons (Fsp3) is 0.357. The van der Waals surface area contributed by atoms with Crippen molar-refractivity contribution >= 4 is 33.8 Å². The molecule has 1 aromatic rings. The van der Waals surface area contributed by atoms with Gasteiger partial charge in [-0.3, -0.25) is 14.4 Å². The maximum atomic E-state index is 11.8. The normalized spacial score (nSPS) is 15.4. The molecule has 1 aliphatic heterocycles. The number of aldehydes is 1. The van der Waals surface area contributed by atoms with Gasteiger partial charge in [0.05, 0.1) is 17.1 Å². The van der Waals surface area contributed by atoms with Gasteiger partial charge in [0, 0.05) is 19.8 Å². The van der Waals surface area contributed by atoms with Crippen LogP contribution in [0.25, 0.3) is 0 Å². The van der Waals surface area contributed by atoms with Gasteiger partial charge in [-0.05, 0) is 28.9 Å². The molecule has 0 spiro atoms. The summed E-state index contributed by atoms with van der Waals surface area (Å²) < 4.78 is 15.3. The van der Waals surface area contributed by atoms with Crippen LogP contribution in [0, 0.1) is 0 Å². The lowest BCUT2D eigenvalue weighted by molar-refractivity contribution is -0.132. The lowest BCUT2D eigenvalue weighted by Gasteiger charge is -2.05. The number of fused-ring (bicyclic) bond motifs is 1. The highest BCUT2D eigenvalue weighted by Gasteiger charge is 2.38. The van der Waals surface area contributed by atoms with E-state index in [0.717, 1.165) is 6.61 Å². The van der Waals surface area contributed by atoms with Crippen LogP contribution in [0.5, 0.6) is 11.5 Å². The van der Waals surface area contributed by atoms with E-state index in [1.165, 1.54) is 19.2 Å². The monoisotopic (exact) mass is 358 g/mol. The van der Waals surface area contributed by atoms with Gasteiger partial charge in [0.2, 0.25) is 17.7 Å². The molecule has 0 N–H and O–H groups in total. The van der Waals surface area contributed by atoms with Crippen molar-refractivity contribution in [3.63, 3.8) is 0 Å². The maximum absolute atomic E-state index is 11.8. The number of ether oxygens (including phenoxy) is 3. The zero-order valence-corrected chi connectivity index (χ0v) is 13.4. The highest BCUT2D eigenvalue weighted by molar-refractivity contribution is 9.10. The molecule has 0 radical (unpaired) electrons. The number of hydrogen-bond donors (Lipinski definition) is 0. The van der Waals surface area contributed by atoms with Gasteiger partial charge in [-0.1, -0.05) is 0 Å². The Morgan fingerprint density at radius 2 is 2.05 bits per heavy atom. The van der Waals surface area contributed by atoms with E-state index in [2.05, 4.69) is 20.7 Å². The minimum absolute atomic E-state index is 0.0841. The van der Waals surface area contributed by atoms with E-state index in [9.17, 15) is 14.4 Å². The molecule has 0 bridgehead atoms. The average molecular weight is 359 g/mol. The van der Waals surface area contributed by atoms with Gasteiger partial charge < -0.3 is 14.2 Å². The van der Waals surface area contributed by atoms with E-state index in [1.54, 1.807) is 7.11 Å². The largest absolute Gasteiger partial charge is 0.495 e. The van der Waals surface area contributed by atoms with Crippen molar-refractivity contribution in [1.29, 1.82) is 0 Å². The predicted octanol–water partition coefficient (Wildman–Crippen LogP) is 1.82. The third kappa shape index (κ3) is 3.89. The molecule has 0 amide bonds. The fourth-order valence-electron chi connectivity index (χ4n) is 1.55. The smallest absolute Gasteiger partial charge is 0.243 e. The topological polar surface area (TPSA) is 78.9 Å². The first-order chi connectivity index (χ1) is 9.99. The van der Waals surface area contributed by atoms with Crippen LogP contribution in [-0.2, 0) is 14.3 Å². The molecular weight excluding hydrogens is 344 g/mol. The second-order valence-corrected chi connectivity index (χ2v) is 4.80. The molecule has 0 saturated carbocycles. The van der Waals surface area contributed by atoms with Crippen LogP contribution in [-0.4, -0.2) is 44.8 Å². The summed E-state index contributed by atoms with van der Waals surface area (Å²) in [6, 6.07) is 3.00. The molecule has 114 valence electrons. The number of hydrogen-bond acceptors (Lipinski definition) is 6. The van der Waals surface area contributed by atoms with Gasteiger partial charge in [-0.15, -0.1) is 0 Å². The minimum Gasteiger partial charge on any atom is -0.495 e. The SMILES string of the molecule is CCOC.COc1cc2c(cc1Br)C(=O)C(C(=O)C=O)O2. The average Bonchev–Trinajstić information content (AvgIpc) is 2.82. The third-order valence-electron chi connectivity index (χ3n) is 2.67. The minimum atomic E-state index is -1.36. The number of carbonyl (C=O) groups excluding carboxylic acids is 3. The van der Waals surface area contributed by atoms with Gasteiger partial charge in [-0.2, -0.15) is 0 Å². The van der Waals surface area contributed by atoms with E-state index in [1.807, 2.05) is 6.92 Å². The number of benzene rings is 1. The van der Waals surface area contributed by atoms with Crippen LogP contribution in [0.2, 0.25) is 0 Å². The highest BCUT2D eigenvalue weighted by atomic mass is 79.9. The Labute approximate surface area is 130 Å². The maximum Gasteiger partial charge on any atom is 0.243 e. The Morgan fingerprint density at radius 3 is 2.52 bits per heavy atom. The molecule has 21 heavy (non-hydrogen) atoms. The van der Waals surface area contributed by atoms with Crippen LogP contribution in [0.3, 0.4) is 0 Å². The number of rotatable bonds is 4. The third-order valence-corrected chi connectivity index (χ3v) is 3.29. The molecule has 0 aliphatic carbocycles. The Balaban J connectivity index is 0.000000491. The van der Waals surface area contributed by atoms with Crippen molar-refractivity contribution in [3.8, 4) is 11.5 Å². The summed E-state index contributed by atoms with van der Waals surface area (Å²) in [4.78, 5) is 33.3. The second-order valence-electron chi connectivity index (χ2n) is 3.94. The summed E-state index contributed by atoms with van der Waals surface area (Å²) in [7, 11) is 3.15. The molecule has 1 atom stereocenters. The molecule has 1 aromatic carbocycles. The van der Waals surface area contributed by atoms with Crippen molar-refractivity contribution in [2.45, 2.75) is 13.0 Å². The van der Waals surface area contributed by atoms with Crippen molar-refractivity contribution in [1.82, 2.24) is 0 Å². The molecule has 1 unspecified atom stereocenters. The lowest BCUT2D eigenvalue weighted by atomic mass is 10.1. The summed E-state index contributed by atoms with van der Waals surface area (Å²) >= 11 is 3.22. The molecule has 1 aliphatic rings. The van der Waals surface area contributed by atoms with Gasteiger partial charge in [0.25, 0.3) is 0 Å². The first kappa shape index (κ1) is 17.3. The fourth-order valence-corrected chi connectivity index (χ4v) is 2.06. The molecule has 7 heteroatoms. The van der Waals surface area contributed by atoms with Crippen LogP contribution < -0.4 is 9.47 Å². The van der Waals surface area contributed by atoms with Crippen molar-refractivity contribution in [2.24, 2.45) is 0 Å². The van der Waals surface area contributed by atoms with Crippen LogP contribution in [0.1, 0.15) is 17.3 Å². The summed E-state index contributed by atoms with van der Waals surface area (Å²) in [5.74, 6) is -0.673.